The molecule has 6 nitrogen and oxygen atoms in total. The van der Waals surface area contributed by atoms with Crippen molar-refractivity contribution in [3.63, 3.8) is 0 Å². The second-order valence-electron chi connectivity index (χ2n) is 9.49. The van der Waals surface area contributed by atoms with Gasteiger partial charge in [-0.2, -0.15) is 0 Å². The van der Waals surface area contributed by atoms with Gasteiger partial charge in [-0.1, -0.05) is 18.6 Å². The van der Waals surface area contributed by atoms with Crippen molar-refractivity contribution in [1.29, 1.82) is 0 Å². The van der Waals surface area contributed by atoms with Gasteiger partial charge in [-0.15, -0.1) is 0 Å². The number of aryl methyl sites for hydroxylation is 1. The molecule has 0 saturated carbocycles. The van der Waals surface area contributed by atoms with Gasteiger partial charge in [0.25, 0.3) is 5.56 Å². The van der Waals surface area contributed by atoms with Gasteiger partial charge in [-0.25, -0.2) is 0 Å². The summed E-state index contributed by atoms with van der Waals surface area (Å²) in [6.45, 7) is 5.21. The molecular formula is C25H32N4O2. The van der Waals surface area contributed by atoms with E-state index in [0.29, 0.717) is 12.3 Å². The quantitative estimate of drug-likeness (QED) is 0.746. The van der Waals surface area contributed by atoms with Gasteiger partial charge in [-0.05, 0) is 62.4 Å². The van der Waals surface area contributed by atoms with Crippen LogP contribution in [0.2, 0.25) is 0 Å². The molecule has 5 heterocycles. The number of pyridine rings is 2. The first-order valence-corrected chi connectivity index (χ1v) is 11.8. The molecule has 2 fully saturated rings. The summed E-state index contributed by atoms with van der Waals surface area (Å²) in [6.07, 6.45) is 9.71. The number of carbonyl (C=O) groups is 1. The lowest BCUT2D eigenvalue weighted by Crippen LogP contribution is -2.49. The van der Waals surface area contributed by atoms with Crippen molar-refractivity contribution in [3.8, 4) is 0 Å². The Morgan fingerprint density at radius 3 is 2.74 bits per heavy atom. The highest BCUT2D eigenvalue weighted by Crippen LogP contribution is 2.35. The molecule has 0 unspecified atom stereocenters. The monoisotopic (exact) mass is 420 g/mol. The summed E-state index contributed by atoms with van der Waals surface area (Å²) in [6, 6.07) is 8.14. The van der Waals surface area contributed by atoms with Crippen molar-refractivity contribution in [1.82, 2.24) is 19.4 Å². The molecule has 164 valence electrons. The lowest BCUT2D eigenvalue weighted by atomic mass is 9.82. The fourth-order valence-electron chi connectivity index (χ4n) is 5.63. The van der Waals surface area contributed by atoms with Crippen molar-refractivity contribution < 1.29 is 4.79 Å². The molecule has 3 aliphatic heterocycles. The molecule has 0 N–H and O–H groups in total. The zero-order valence-corrected chi connectivity index (χ0v) is 18.2. The fourth-order valence-corrected chi connectivity index (χ4v) is 5.63. The lowest BCUT2D eigenvalue weighted by molar-refractivity contribution is -0.133. The summed E-state index contributed by atoms with van der Waals surface area (Å²) in [5, 5.41) is 0. The van der Waals surface area contributed by atoms with Crippen molar-refractivity contribution in [2.24, 2.45) is 5.92 Å². The molecule has 2 aromatic rings. The number of carbonyl (C=O) groups excluding carboxylic acids is 1. The fraction of sp³-hybridized carbons (Fsp3) is 0.560. The largest absolute Gasteiger partial charge is 0.342 e. The second-order valence-corrected chi connectivity index (χ2v) is 9.49. The van der Waals surface area contributed by atoms with Crippen LogP contribution in [0.25, 0.3) is 0 Å². The van der Waals surface area contributed by atoms with Crippen LogP contribution < -0.4 is 5.56 Å². The van der Waals surface area contributed by atoms with Crippen LogP contribution in [0.3, 0.4) is 0 Å². The third-order valence-corrected chi connectivity index (χ3v) is 7.23. The average molecular weight is 421 g/mol. The SMILES string of the molecule is O=C(CCc1cccnc1)N1C[C@@H]2C[C@H](C1)c1ccc(CN3CCCCC3)c(=O)n1C2. The minimum Gasteiger partial charge on any atom is -0.342 e. The second kappa shape index (κ2) is 8.95. The van der Waals surface area contributed by atoms with E-state index in [4.69, 9.17) is 0 Å². The van der Waals surface area contributed by atoms with Gasteiger partial charge in [-0.3, -0.25) is 19.5 Å². The van der Waals surface area contributed by atoms with E-state index in [1.807, 2.05) is 33.9 Å². The molecular weight excluding hydrogens is 388 g/mol. The number of amides is 1. The Kier molecular flexibility index (Phi) is 5.90. The molecule has 0 aliphatic carbocycles. The highest BCUT2D eigenvalue weighted by molar-refractivity contribution is 5.76. The summed E-state index contributed by atoms with van der Waals surface area (Å²) >= 11 is 0. The molecule has 31 heavy (non-hydrogen) atoms. The van der Waals surface area contributed by atoms with E-state index < -0.39 is 0 Å². The van der Waals surface area contributed by atoms with Crippen LogP contribution in [0, 0.1) is 5.92 Å². The molecule has 6 heteroatoms. The molecule has 2 aromatic heterocycles. The first-order chi connectivity index (χ1) is 15.2. The van der Waals surface area contributed by atoms with E-state index in [9.17, 15) is 9.59 Å². The Labute approximate surface area is 183 Å². The molecule has 2 saturated heterocycles. The lowest BCUT2D eigenvalue weighted by Gasteiger charge is -2.43. The van der Waals surface area contributed by atoms with Crippen molar-refractivity contribution >= 4 is 5.91 Å². The predicted molar refractivity (Wildman–Crippen MR) is 120 cm³/mol. The van der Waals surface area contributed by atoms with Gasteiger partial charge in [0, 0.05) is 62.2 Å². The van der Waals surface area contributed by atoms with E-state index in [1.54, 1.807) is 6.20 Å². The van der Waals surface area contributed by atoms with Crippen LogP contribution in [0.15, 0.2) is 41.5 Å². The first kappa shape index (κ1) is 20.4. The Morgan fingerprint density at radius 1 is 1.06 bits per heavy atom. The van der Waals surface area contributed by atoms with Crippen molar-refractivity contribution in [2.75, 3.05) is 26.2 Å². The smallest absolute Gasteiger partial charge is 0.255 e. The van der Waals surface area contributed by atoms with Gasteiger partial charge >= 0.3 is 0 Å². The number of piperidine rings is 2. The number of fused-ring (bicyclic) bond motifs is 4. The Hall–Kier alpha value is -2.47. The number of aromatic nitrogens is 2. The highest BCUT2D eigenvalue weighted by Gasteiger charge is 2.36. The molecule has 0 spiro atoms. The van der Waals surface area contributed by atoms with E-state index in [0.717, 1.165) is 68.9 Å². The minimum atomic E-state index is 0.189. The third-order valence-electron chi connectivity index (χ3n) is 7.23. The summed E-state index contributed by atoms with van der Waals surface area (Å²) in [7, 11) is 0. The molecule has 3 aliphatic rings. The van der Waals surface area contributed by atoms with E-state index >= 15 is 0 Å². The van der Waals surface area contributed by atoms with Gasteiger partial charge in [0.05, 0.1) is 0 Å². The Bertz CT molecular complexity index is 981. The maximum atomic E-state index is 13.2. The third kappa shape index (κ3) is 4.45. The molecule has 0 aromatic carbocycles. The number of hydrogen-bond donors (Lipinski definition) is 0. The van der Waals surface area contributed by atoms with Gasteiger partial charge in [0.15, 0.2) is 0 Å². The molecule has 5 rings (SSSR count). The predicted octanol–water partition coefficient (Wildman–Crippen LogP) is 2.81. The number of rotatable bonds is 5. The van der Waals surface area contributed by atoms with E-state index in [-0.39, 0.29) is 17.4 Å². The van der Waals surface area contributed by atoms with Crippen molar-refractivity contribution in [3.05, 3.63) is 63.8 Å². The zero-order valence-electron chi connectivity index (χ0n) is 18.2. The van der Waals surface area contributed by atoms with Gasteiger partial charge < -0.3 is 9.47 Å². The summed E-state index contributed by atoms with van der Waals surface area (Å²) in [4.78, 5) is 34.7. The highest BCUT2D eigenvalue weighted by atomic mass is 16.2. The standard InChI is InChI=1S/C25H32N4O2/c30-24(9-6-19-5-4-10-26-14-19)28-15-20-13-22(18-28)23-8-7-21(25(31)29(23)16-20)17-27-11-2-1-3-12-27/h4-5,7-8,10,14,20,22H,1-3,6,9,11-13,15-18H2/t20-,22+/m0/s1. The maximum absolute atomic E-state index is 13.2. The number of nitrogens with zero attached hydrogens (tertiary/aromatic N) is 4. The summed E-state index contributed by atoms with van der Waals surface area (Å²) in [5.74, 6) is 0.860. The van der Waals surface area contributed by atoms with E-state index in [1.165, 1.54) is 19.3 Å². The molecule has 0 radical (unpaired) electrons. The molecule has 1 amide bonds. The van der Waals surface area contributed by atoms with Gasteiger partial charge in [0.2, 0.25) is 5.91 Å². The minimum absolute atomic E-state index is 0.189. The first-order valence-electron chi connectivity index (χ1n) is 11.8. The van der Waals surface area contributed by atoms with Crippen LogP contribution in [-0.4, -0.2) is 51.4 Å². The van der Waals surface area contributed by atoms with Crippen LogP contribution in [0.1, 0.15) is 54.8 Å². The molecule has 2 bridgehead atoms. The molecule has 2 atom stereocenters. The number of likely N-dealkylation sites (tertiary alicyclic amines) is 2. The Morgan fingerprint density at radius 2 is 1.94 bits per heavy atom. The topological polar surface area (TPSA) is 58.4 Å². The van der Waals surface area contributed by atoms with Crippen LogP contribution in [0.4, 0.5) is 0 Å². The zero-order chi connectivity index (χ0) is 21.2. The van der Waals surface area contributed by atoms with E-state index in [2.05, 4.69) is 16.0 Å². The number of hydrogen-bond acceptors (Lipinski definition) is 4. The summed E-state index contributed by atoms with van der Waals surface area (Å²) < 4.78 is 2.02. The summed E-state index contributed by atoms with van der Waals surface area (Å²) in [5.41, 5.74) is 3.34. The van der Waals surface area contributed by atoms with Crippen LogP contribution >= 0.6 is 0 Å². The Balaban J connectivity index is 1.27. The van der Waals surface area contributed by atoms with Crippen LogP contribution in [0.5, 0.6) is 0 Å². The average Bonchev–Trinajstić information content (AvgIpc) is 2.81. The normalized spacial score (nSPS) is 23.4. The van der Waals surface area contributed by atoms with Gasteiger partial charge in [0.1, 0.15) is 0 Å². The maximum Gasteiger partial charge on any atom is 0.255 e. The van der Waals surface area contributed by atoms with Crippen molar-refractivity contribution in [2.45, 2.75) is 57.5 Å². The van der Waals surface area contributed by atoms with Crippen LogP contribution in [-0.2, 0) is 24.3 Å².